The summed E-state index contributed by atoms with van der Waals surface area (Å²) in [4.78, 5) is 10.8. The van der Waals surface area contributed by atoms with Gasteiger partial charge in [0.15, 0.2) is 0 Å². The zero-order chi connectivity index (χ0) is 10.5. The van der Waals surface area contributed by atoms with E-state index in [-0.39, 0.29) is 5.24 Å². The van der Waals surface area contributed by atoms with Gasteiger partial charge in [-0.15, -0.1) is 0 Å². The maximum atomic E-state index is 10.8. The molecule has 72 valence electrons. The third-order valence-corrected chi connectivity index (χ3v) is 2.46. The normalized spacial score (nSPS) is 14.8. The molecular weight excluding hydrogens is 205 g/mol. The molecule has 0 N–H and O–H groups in total. The molecule has 0 amide bonds. The van der Waals surface area contributed by atoms with Gasteiger partial charge in [-0.25, -0.2) is 0 Å². The van der Waals surface area contributed by atoms with Gasteiger partial charge < -0.3 is 4.52 Å². The van der Waals surface area contributed by atoms with Crippen molar-refractivity contribution in [3.63, 3.8) is 0 Å². The summed E-state index contributed by atoms with van der Waals surface area (Å²) in [5, 5.41) is -0.379. The molecule has 0 aromatic carbocycles. The molecule has 0 aliphatic rings. The Morgan fingerprint density at radius 2 is 2.23 bits per heavy atom. The average molecular weight is 218 g/mol. The predicted octanol–water partition coefficient (Wildman–Crippen LogP) is 2.46. The van der Waals surface area contributed by atoms with Gasteiger partial charge in [0, 0.05) is 0 Å². The second-order valence-electron chi connectivity index (χ2n) is 3.24. The first-order valence-electron chi connectivity index (χ1n) is 3.85. The molecule has 0 bridgehead atoms. The van der Waals surface area contributed by atoms with Crippen molar-refractivity contribution in [3.05, 3.63) is 12.2 Å². The molecule has 0 aromatic rings. The molecule has 0 fully saturated rings. The van der Waals surface area contributed by atoms with Crippen LogP contribution in [0.4, 0.5) is 0 Å². The number of allylic oxidation sites excluding steroid dienone is 1. The van der Waals surface area contributed by atoms with Gasteiger partial charge in [0.2, 0.25) is 5.24 Å². The highest BCUT2D eigenvalue weighted by molar-refractivity contribution is 7.77. The fourth-order valence-electron chi connectivity index (χ4n) is 0.569. The number of hydrogen-bond donors (Lipinski definition) is 0. The maximum absolute atomic E-state index is 10.8. The van der Waals surface area contributed by atoms with Crippen molar-refractivity contribution in [1.82, 2.24) is 0 Å². The van der Waals surface area contributed by atoms with Crippen LogP contribution in [0.3, 0.4) is 0 Å². The van der Waals surface area contributed by atoms with Gasteiger partial charge in [0.25, 0.3) is 0 Å². The van der Waals surface area contributed by atoms with Crippen molar-refractivity contribution in [2.24, 2.45) is 5.41 Å². The Kier molecular flexibility index (Phi) is 5.86. The van der Waals surface area contributed by atoms with Crippen LogP contribution in [0.25, 0.3) is 0 Å². The van der Waals surface area contributed by atoms with E-state index in [2.05, 4.69) is 0 Å². The minimum atomic E-state index is -0.832. The summed E-state index contributed by atoms with van der Waals surface area (Å²) < 4.78 is 5.12. The SMILES string of the molecule is [B]P(C)OC/C=C/C(C)(C)C(=O)Cl. The van der Waals surface area contributed by atoms with Crippen LogP contribution in [0.5, 0.6) is 0 Å². The monoisotopic (exact) mass is 218 g/mol. The zero-order valence-corrected chi connectivity index (χ0v) is 9.73. The quantitative estimate of drug-likeness (QED) is 0.307. The van der Waals surface area contributed by atoms with Crippen molar-refractivity contribution in [2.45, 2.75) is 13.8 Å². The van der Waals surface area contributed by atoms with E-state index >= 15 is 0 Å². The predicted molar refractivity (Wildman–Crippen MR) is 58.3 cm³/mol. The van der Waals surface area contributed by atoms with Crippen molar-refractivity contribution in [3.8, 4) is 0 Å². The van der Waals surface area contributed by atoms with E-state index in [9.17, 15) is 4.79 Å². The van der Waals surface area contributed by atoms with E-state index in [1.54, 1.807) is 32.7 Å². The molecule has 2 nitrogen and oxygen atoms in total. The number of hydrogen-bond acceptors (Lipinski definition) is 2. The number of rotatable bonds is 5. The zero-order valence-electron chi connectivity index (χ0n) is 8.08. The standard InChI is InChI=1S/C8H13BClO2P/c1-8(2,7(10)11)5-4-6-12-13(3)9/h4-5H,6H2,1-3H3/b5-4+. The highest BCUT2D eigenvalue weighted by Gasteiger charge is 2.21. The van der Waals surface area contributed by atoms with Crippen LogP contribution in [0, 0.1) is 5.41 Å². The first-order valence-corrected chi connectivity index (χ1v) is 6.00. The lowest BCUT2D eigenvalue weighted by molar-refractivity contribution is -0.116. The number of halogens is 1. The van der Waals surface area contributed by atoms with Gasteiger partial charge in [0.1, 0.15) is 7.57 Å². The Morgan fingerprint density at radius 3 is 2.62 bits per heavy atom. The van der Waals surface area contributed by atoms with E-state index in [4.69, 9.17) is 23.7 Å². The summed E-state index contributed by atoms with van der Waals surface area (Å²) in [5.74, 6) is 0. The first kappa shape index (κ1) is 13.2. The van der Waals surface area contributed by atoms with E-state index in [0.29, 0.717) is 6.61 Å². The van der Waals surface area contributed by atoms with Gasteiger partial charge in [0.05, 0.1) is 12.0 Å². The van der Waals surface area contributed by atoms with Crippen LogP contribution >= 0.6 is 19.6 Å². The van der Waals surface area contributed by atoms with Gasteiger partial charge in [-0.05, 0) is 40.1 Å². The Bertz CT molecular complexity index is 204. The van der Waals surface area contributed by atoms with Crippen LogP contribution in [-0.2, 0) is 9.32 Å². The minimum Gasteiger partial charge on any atom is -0.367 e. The Labute approximate surface area is 86.9 Å². The van der Waals surface area contributed by atoms with Gasteiger partial charge in [-0.2, -0.15) is 0 Å². The molecule has 0 heterocycles. The van der Waals surface area contributed by atoms with Gasteiger partial charge >= 0.3 is 0 Å². The highest BCUT2D eigenvalue weighted by atomic mass is 35.5. The third-order valence-electron chi connectivity index (χ3n) is 1.42. The third kappa shape index (κ3) is 6.26. The van der Waals surface area contributed by atoms with Crippen LogP contribution in [-0.4, -0.2) is 26.1 Å². The Morgan fingerprint density at radius 1 is 1.69 bits per heavy atom. The van der Waals surface area contributed by atoms with Crippen LogP contribution in [0.1, 0.15) is 13.8 Å². The van der Waals surface area contributed by atoms with Gasteiger partial charge in [-0.1, -0.05) is 12.2 Å². The minimum absolute atomic E-state index is 0.379. The van der Waals surface area contributed by atoms with E-state index < -0.39 is 13.4 Å². The average Bonchev–Trinajstić information content (AvgIpc) is 1.97. The second-order valence-corrected chi connectivity index (χ2v) is 4.93. The molecule has 0 aromatic heterocycles. The van der Waals surface area contributed by atoms with Crippen molar-refractivity contribution in [2.75, 3.05) is 13.3 Å². The summed E-state index contributed by atoms with van der Waals surface area (Å²) in [7, 11) is 4.59. The smallest absolute Gasteiger partial charge is 0.231 e. The van der Waals surface area contributed by atoms with E-state index in [1.165, 1.54) is 0 Å². The summed E-state index contributed by atoms with van der Waals surface area (Å²) >= 11 is 5.36. The van der Waals surface area contributed by atoms with E-state index in [1.807, 2.05) is 0 Å². The fraction of sp³-hybridized carbons (Fsp3) is 0.625. The maximum Gasteiger partial charge on any atom is 0.231 e. The molecule has 0 rings (SSSR count). The van der Waals surface area contributed by atoms with Crippen LogP contribution < -0.4 is 0 Å². The fourth-order valence-corrected chi connectivity index (χ4v) is 0.953. The Balaban J connectivity index is 3.90. The Hall–Kier alpha value is 0.155. The lowest BCUT2D eigenvalue weighted by Crippen LogP contribution is -2.15. The molecule has 0 aliphatic heterocycles. The first-order chi connectivity index (χ1) is 5.86. The molecule has 1 unspecified atom stereocenters. The summed E-state index contributed by atoms with van der Waals surface area (Å²) in [6.07, 6.45) is 3.48. The largest absolute Gasteiger partial charge is 0.367 e. The second kappa shape index (κ2) is 5.80. The molecule has 0 aliphatic carbocycles. The molecule has 0 saturated carbocycles. The summed E-state index contributed by atoms with van der Waals surface area (Å²) in [5.41, 5.74) is -0.629. The molecular formula is C8H13BClO2P. The lowest BCUT2D eigenvalue weighted by atomic mass is 9.95. The number of carbonyl (C=O) groups excluding carboxylic acids is 1. The van der Waals surface area contributed by atoms with Crippen LogP contribution in [0.2, 0.25) is 0 Å². The van der Waals surface area contributed by atoms with Crippen molar-refractivity contribution < 1.29 is 9.32 Å². The highest BCUT2D eigenvalue weighted by Crippen LogP contribution is 2.25. The molecule has 0 spiro atoms. The lowest BCUT2D eigenvalue weighted by Gasteiger charge is -2.13. The molecule has 0 saturated heterocycles. The van der Waals surface area contributed by atoms with Crippen LogP contribution in [0.15, 0.2) is 12.2 Å². The summed E-state index contributed by atoms with van der Waals surface area (Å²) in [6.45, 7) is 5.72. The molecule has 1 atom stereocenters. The molecule has 5 heteroatoms. The van der Waals surface area contributed by atoms with Crippen molar-refractivity contribution in [1.29, 1.82) is 0 Å². The molecule has 13 heavy (non-hydrogen) atoms. The van der Waals surface area contributed by atoms with Gasteiger partial charge in [-0.3, -0.25) is 4.79 Å². The number of carbonyl (C=O) groups is 1. The van der Waals surface area contributed by atoms with E-state index in [0.717, 1.165) is 0 Å². The summed E-state index contributed by atoms with van der Waals surface area (Å²) in [6, 6.07) is 0. The topological polar surface area (TPSA) is 26.3 Å². The van der Waals surface area contributed by atoms with Crippen molar-refractivity contribution >= 4 is 32.4 Å². The molecule has 2 radical (unpaired) electrons.